The highest BCUT2D eigenvalue weighted by atomic mass is 16.5. The van der Waals surface area contributed by atoms with Gasteiger partial charge in [-0.25, -0.2) is 4.98 Å². The summed E-state index contributed by atoms with van der Waals surface area (Å²) in [6, 6.07) is 7.70. The van der Waals surface area contributed by atoms with Crippen LogP contribution < -0.4 is 16.0 Å². The van der Waals surface area contributed by atoms with Crippen LogP contribution in [0.3, 0.4) is 0 Å². The summed E-state index contributed by atoms with van der Waals surface area (Å²) in [5.74, 6) is 1.03. The molecule has 6 rings (SSSR count). The fourth-order valence-corrected chi connectivity index (χ4v) is 6.00. The van der Waals surface area contributed by atoms with E-state index in [-0.39, 0.29) is 17.1 Å². The largest absolute Gasteiger partial charge is 0.495 e. The molecule has 0 bridgehead atoms. The predicted molar refractivity (Wildman–Crippen MR) is 138 cm³/mol. The van der Waals surface area contributed by atoms with Gasteiger partial charge in [-0.05, 0) is 57.2 Å². The monoisotopic (exact) mass is 489 g/mol. The van der Waals surface area contributed by atoms with Gasteiger partial charge in [0.05, 0.1) is 53.4 Å². The van der Waals surface area contributed by atoms with Gasteiger partial charge >= 0.3 is 0 Å². The first-order chi connectivity index (χ1) is 17.3. The first kappa shape index (κ1) is 23.0. The first-order valence-electron chi connectivity index (χ1n) is 12.4. The summed E-state index contributed by atoms with van der Waals surface area (Å²) in [6.07, 6.45) is 7.56. The van der Waals surface area contributed by atoms with Gasteiger partial charge in [0.25, 0.3) is 5.56 Å². The summed E-state index contributed by atoms with van der Waals surface area (Å²) in [6.45, 7) is 2.32. The molecule has 3 N–H and O–H groups in total. The first-order valence-corrected chi connectivity index (χ1v) is 12.4. The molecule has 0 aliphatic heterocycles. The Bertz CT molecular complexity index is 1540. The zero-order valence-corrected chi connectivity index (χ0v) is 20.8. The highest BCUT2D eigenvalue weighted by Gasteiger charge is 2.42. The molecule has 2 aliphatic carbocycles. The topological polar surface area (TPSA) is 117 Å². The fourth-order valence-electron chi connectivity index (χ4n) is 6.00. The Morgan fingerprint density at radius 1 is 1.19 bits per heavy atom. The summed E-state index contributed by atoms with van der Waals surface area (Å²) in [5, 5.41) is 17.3. The second-order valence-corrected chi connectivity index (χ2v) is 10.6. The molecule has 3 heterocycles. The van der Waals surface area contributed by atoms with Crippen LogP contribution in [0.2, 0.25) is 0 Å². The SMILES string of the molecule is COCC1(n2cc(OC)c3ccc(-c4nn(C5CC(C)(O)C5)c5ccnc(N)c45)cc3c2=O)CCC1. The number of aliphatic hydroxyl groups is 1. The molecule has 0 atom stereocenters. The highest BCUT2D eigenvalue weighted by molar-refractivity contribution is 6.02. The molecule has 9 nitrogen and oxygen atoms in total. The van der Waals surface area contributed by atoms with Crippen molar-refractivity contribution in [3.63, 3.8) is 0 Å². The minimum Gasteiger partial charge on any atom is -0.495 e. The normalized spacial score (nSPS) is 22.9. The van der Waals surface area contributed by atoms with E-state index in [4.69, 9.17) is 20.3 Å². The highest BCUT2D eigenvalue weighted by Crippen LogP contribution is 2.44. The van der Waals surface area contributed by atoms with E-state index in [1.165, 1.54) is 0 Å². The summed E-state index contributed by atoms with van der Waals surface area (Å²) in [7, 11) is 3.29. The number of benzene rings is 1. The van der Waals surface area contributed by atoms with E-state index in [0.717, 1.165) is 41.1 Å². The lowest BCUT2D eigenvalue weighted by Crippen LogP contribution is -2.49. The number of hydrogen-bond donors (Lipinski definition) is 2. The van der Waals surface area contributed by atoms with E-state index in [9.17, 15) is 9.90 Å². The van der Waals surface area contributed by atoms with E-state index in [0.29, 0.717) is 42.1 Å². The summed E-state index contributed by atoms with van der Waals surface area (Å²) in [5.41, 5.74) is 7.54. The Kier molecular flexibility index (Phi) is 5.14. The summed E-state index contributed by atoms with van der Waals surface area (Å²) < 4.78 is 14.9. The number of fused-ring (bicyclic) bond motifs is 2. The molecule has 0 amide bonds. The van der Waals surface area contributed by atoms with Gasteiger partial charge in [0.15, 0.2) is 0 Å². The molecular weight excluding hydrogens is 458 g/mol. The summed E-state index contributed by atoms with van der Waals surface area (Å²) >= 11 is 0. The number of nitrogens with two attached hydrogens (primary N) is 1. The molecule has 3 aromatic heterocycles. The van der Waals surface area contributed by atoms with Gasteiger partial charge in [-0.2, -0.15) is 5.10 Å². The maximum atomic E-state index is 13.8. The van der Waals surface area contributed by atoms with Crippen molar-refractivity contribution >= 4 is 27.5 Å². The van der Waals surface area contributed by atoms with Crippen molar-refractivity contribution in [2.24, 2.45) is 0 Å². The van der Waals surface area contributed by atoms with Crippen LogP contribution in [-0.2, 0) is 10.3 Å². The molecule has 9 heteroatoms. The van der Waals surface area contributed by atoms with E-state index < -0.39 is 5.60 Å². The van der Waals surface area contributed by atoms with E-state index in [2.05, 4.69) is 4.98 Å². The maximum absolute atomic E-state index is 13.8. The Morgan fingerprint density at radius 2 is 1.97 bits per heavy atom. The van der Waals surface area contributed by atoms with Crippen LogP contribution in [0.4, 0.5) is 5.82 Å². The molecule has 4 aromatic rings. The molecule has 2 fully saturated rings. The number of nitrogen functional groups attached to an aromatic ring is 1. The molecular formula is C27H31N5O4. The minimum absolute atomic E-state index is 0.0725. The van der Waals surface area contributed by atoms with Crippen LogP contribution in [0.25, 0.3) is 32.9 Å². The van der Waals surface area contributed by atoms with Crippen LogP contribution in [-0.4, -0.2) is 50.9 Å². The van der Waals surface area contributed by atoms with Crippen molar-refractivity contribution in [2.75, 3.05) is 26.6 Å². The van der Waals surface area contributed by atoms with Crippen molar-refractivity contribution in [3.05, 3.63) is 47.0 Å². The fraction of sp³-hybridized carbons (Fsp3) is 0.444. The van der Waals surface area contributed by atoms with Crippen LogP contribution in [0, 0.1) is 0 Å². The van der Waals surface area contributed by atoms with Crippen molar-refractivity contribution < 1.29 is 14.6 Å². The van der Waals surface area contributed by atoms with Crippen LogP contribution in [0.15, 0.2) is 41.5 Å². The Labute approximate surface area is 208 Å². The Balaban J connectivity index is 1.55. The third kappa shape index (κ3) is 3.33. The molecule has 0 radical (unpaired) electrons. The predicted octanol–water partition coefficient (Wildman–Crippen LogP) is 3.62. The van der Waals surface area contributed by atoms with Crippen molar-refractivity contribution in [2.45, 2.75) is 56.2 Å². The van der Waals surface area contributed by atoms with Crippen molar-refractivity contribution in [1.29, 1.82) is 0 Å². The van der Waals surface area contributed by atoms with E-state index in [1.54, 1.807) is 25.0 Å². The molecule has 0 unspecified atom stereocenters. The van der Waals surface area contributed by atoms with Gasteiger partial charge in [0, 0.05) is 24.3 Å². The van der Waals surface area contributed by atoms with Gasteiger partial charge in [0.1, 0.15) is 17.3 Å². The minimum atomic E-state index is -0.689. The van der Waals surface area contributed by atoms with Crippen molar-refractivity contribution in [1.82, 2.24) is 19.3 Å². The van der Waals surface area contributed by atoms with Gasteiger partial charge in [-0.1, -0.05) is 6.07 Å². The van der Waals surface area contributed by atoms with Crippen LogP contribution >= 0.6 is 0 Å². The molecule has 0 spiro atoms. The van der Waals surface area contributed by atoms with Crippen LogP contribution in [0.1, 0.15) is 45.1 Å². The average Bonchev–Trinajstić information content (AvgIpc) is 3.21. The lowest BCUT2D eigenvalue weighted by molar-refractivity contribution is -0.0529. The molecule has 1 aromatic carbocycles. The van der Waals surface area contributed by atoms with E-state index in [1.807, 2.05) is 42.1 Å². The number of anilines is 1. The second-order valence-electron chi connectivity index (χ2n) is 10.6. The van der Waals surface area contributed by atoms with Crippen molar-refractivity contribution in [3.8, 4) is 17.0 Å². The van der Waals surface area contributed by atoms with Gasteiger partial charge in [-0.3, -0.25) is 9.48 Å². The number of hydrogen-bond acceptors (Lipinski definition) is 7. The van der Waals surface area contributed by atoms with E-state index >= 15 is 0 Å². The van der Waals surface area contributed by atoms with Crippen LogP contribution in [0.5, 0.6) is 5.75 Å². The zero-order chi connectivity index (χ0) is 25.2. The molecule has 2 aliphatic rings. The Morgan fingerprint density at radius 3 is 2.61 bits per heavy atom. The number of pyridine rings is 2. The summed E-state index contributed by atoms with van der Waals surface area (Å²) in [4.78, 5) is 18.1. The number of aromatic nitrogens is 4. The second kappa shape index (κ2) is 8.04. The lowest BCUT2D eigenvalue weighted by Gasteiger charge is -2.43. The molecule has 0 saturated heterocycles. The number of rotatable bonds is 6. The number of nitrogens with zero attached hydrogens (tertiary/aromatic N) is 4. The quantitative estimate of drug-likeness (QED) is 0.425. The molecule has 2 saturated carbocycles. The smallest absolute Gasteiger partial charge is 0.259 e. The third-order valence-electron chi connectivity index (χ3n) is 8.03. The standard InChI is InChI=1S/C27H31N5O4/c1-26(34)12-17(13-26)32-20-7-10-29-24(28)22(20)23(30-32)16-5-6-18-19(11-16)25(33)31(14-21(18)36-3)27(15-35-2)8-4-9-27/h5-7,10-11,14,17,34H,4,8-9,12-13,15H2,1-3H3,(H2,28,29). The lowest BCUT2D eigenvalue weighted by atomic mass is 9.77. The van der Waals surface area contributed by atoms with Gasteiger partial charge in [-0.15, -0.1) is 0 Å². The Hall–Kier alpha value is -3.43. The third-order valence-corrected chi connectivity index (χ3v) is 8.03. The number of ether oxygens (including phenoxy) is 2. The molecule has 188 valence electrons. The maximum Gasteiger partial charge on any atom is 0.259 e. The van der Waals surface area contributed by atoms with Gasteiger partial charge in [0.2, 0.25) is 0 Å². The van der Waals surface area contributed by atoms with Gasteiger partial charge < -0.3 is 24.9 Å². The molecule has 36 heavy (non-hydrogen) atoms. The zero-order valence-electron chi connectivity index (χ0n) is 20.8. The number of methoxy groups -OCH3 is 2. The average molecular weight is 490 g/mol.